The minimum atomic E-state index is 0.333. The van der Waals surface area contributed by atoms with E-state index in [1.54, 1.807) is 11.8 Å². The van der Waals surface area contributed by atoms with Gasteiger partial charge in [-0.3, -0.25) is 0 Å². The first kappa shape index (κ1) is 16.5. The van der Waals surface area contributed by atoms with E-state index in [0.29, 0.717) is 15.0 Å². The molecule has 0 saturated carbocycles. The van der Waals surface area contributed by atoms with Crippen molar-refractivity contribution in [2.24, 2.45) is 0 Å². The number of aromatic nitrogens is 1. The second-order valence-electron chi connectivity index (χ2n) is 3.96. The number of fused-ring (bicyclic) bond motifs is 1. The topological polar surface area (TPSA) is 12.9 Å². The number of nitrogens with zero attached hydrogens (tertiary/aromatic N) is 1. The van der Waals surface area contributed by atoms with Crippen LogP contribution in [0.25, 0.3) is 10.9 Å². The third kappa shape index (κ3) is 4.80. The minimum absolute atomic E-state index is 0.333. The van der Waals surface area contributed by atoms with Crippen molar-refractivity contribution in [1.29, 1.82) is 0 Å². The van der Waals surface area contributed by atoms with E-state index in [4.69, 9.17) is 0 Å². The molecule has 106 valence electrons. The van der Waals surface area contributed by atoms with E-state index in [1.807, 2.05) is 19.2 Å². The van der Waals surface area contributed by atoms with Gasteiger partial charge in [-0.15, -0.1) is 0 Å². The molecule has 4 heteroatoms. The molecular formula is C17H14BrNSSe. The van der Waals surface area contributed by atoms with Crippen molar-refractivity contribution >= 4 is 58.0 Å². The van der Waals surface area contributed by atoms with Gasteiger partial charge in [-0.2, -0.15) is 0 Å². The third-order valence-electron chi connectivity index (χ3n) is 2.65. The predicted octanol–water partition coefficient (Wildman–Crippen LogP) is 3.50. The van der Waals surface area contributed by atoms with Gasteiger partial charge in [0.05, 0.1) is 0 Å². The Morgan fingerprint density at radius 3 is 2.90 bits per heavy atom. The number of hydrogen-bond donors (Lipinski definition) is 0. The molecule has 0 spiro atoms. The Kier molecular flexibility index (Phi) is 7.20. The summed E-state index contributed by atoms with van der Waals surface area (Å²) < 4.78 is 1.40. The zero-order chi connectivity index (χ0) is 14.9. The fourth-order valence-corrected chi connectivity index (χ4v) is 5.12. The van der Waals surface area contributed by atoms with Gasteiger partial charge in [0.25, 0.3) is 0 Å². The van der Waals surface area contributed by atoms with Gasteiger partial charge in [0.2, 0.25) is 0 Å². The van der Waals surface area contributed by atoms with Crippen molar-refractivity contribution in [2.75, 3.05) is 11.1 Å². The van der Waals surface area contributed by atoms with Crippen LogP contribution in [0.1, 0.15) is 6.92 Å². The molecule has 0 aliphatic heterocycles. The average Bonchev–Trinajstić information content (AvgIpc) is 2.53. The number of benzene rings is 1. The molecular weight excluding hydrogens is 409 g/mol. The van der Waals surface area contributed by atoms with Gasteiger partial charge in [-0.1, -0.05) is 0 Å². The van der Waals surface area contributed by atoms with Gasteiger partial charge in [0.15, 0.2) is 0 Å². The van der Waals surface area contributed by atoms with Crippen LogP contribution in [-0.2, 0) is 0 Å². The van der Waals surface area contributed by atoms with Crippen LogP contribution in [0.5, 0.6) is 0 Å². The monoisotopic (exact) mass is 423 g/mol. The van der Waals surface area contributed by atoms with E-state index in [0.717, 1.165) is 21.9 Å². The van der Waals surface area contributed by atoms with Crippen LogP contribution in [0.3, 0.4) is 0 Å². The summed E-state index contributed by atoms with van der Waals surface area (Å²) in [4.78, 5) is 5.81. The zero-order valence-corrected chi connectivity index (χ0v) is 15.8. The molecule has 1 nitrogen and oxygen atoms in total. The molecule has 0 amide bonds. The molecule has 1 aromatic carbocycles. The average molecular weight is 423 g/mol. The first-order valence-electron chi connectivity index (χ1n) is 6.41. The number of hydrogen-bond acceptors (Lipinski definition) is 2. The van der Waals surface area contributed by atoms with Gasteiger partial charge >= 0.3 is 145 Å². The maximum absolute atomic E-state index is 4.56. The Hall–Kier alpha value is -0.901. The van der Waals surface area contributed by atoms with Gasteiger partial charge in [-0.25, -0.2) is 0 Å². The summed E-state index contributed by atoms with van der Waals surface area (Å²) in [5, 5.41) is 2.93. The quantitative estimate of drug-likeness (QED) is 0.323. The van der Waals surface area contributed by atoms with Crippen LogP contribution >= 0.6 is 27.7 Å². The number of pyridine rings is 1. The predicted molar refractivity (Wildman–Crippen MR) is 97.7 cm³/mol. The Balaban J connectivity index is 2.33. The summed E-state index contributed by atoms with van der Waals surface area (Å²) in [5.41, 5.74) is 1.06. The zero-order valence-electron chi connectivity index (χ0n) is 11.6. The van der Waals surface area contributed by atoms with Crippen LogP contribution in [0.4, 0.5) is 0 Å². The van der Waals surface area contributed by atoms with E-state index in [1.165, 1.54) is 14.7 Å². The second kappa shape index (κ2) is 9.19. The van der Waals surface area contributed by atoms with Crippen LogP contribution < -0.4 is 4.46 Å². The Morgan fingerprint density at radius 1 is 1.24 bits per heavy atom. The Bertz CT molecular complexity index is 737. The fraction of sp³-hybridized carbons (Fsp3) is 0.235. The van der Waals surface area contributed by atoms with Gasteiger partial charge in [0.1, 0.15) is 0 Å². The molecule has 2 aromatic rings. The summed E-state index contributed by atoms with van der Waals surface area (Å²) >= 11 is 5.44. The number of rotatable bonds is 4. The Morgan fingerprint density at radius 2 is 2.10 bits per heavy atom. The molecule has 1 aromatic heterocycles. The molecule has 0 N–H and O–H groups in total. The fourth-order valence-electron chi connectivity index (χ4n) is 1.74. The van der Waals surface area contributed by atoms with Crippen LogP contribution in [0.2, 0.25) is 5.32 Å². The maximum atomic E-state index is 4.56. The van der Waals surface area contributed by atoms with Crippen molar-refractivity contribution in [3.8, 4) is 23.7 Å². The van der Waals surface area contributed by atoms with Crippen molar-refractivity contribution in [1.82, 2.24) is 4.98 Å². The van der Waals surface area contributed by atoms with E-state index in [9.17, 15) is 0 Å². The van der Waals surface area contributed by atoms with Crippen molar-refractivity contribution in [2.45, 2.75) is 17.1 Å². The van der Waals surface area contributed by atoms with Crippen LogP contribution in [-0.4, -0.2) is 31.0 Å². The van der Waals surface area contributed by atoms with Gasteiger partial charge < -0.3 is 0 Å². The van der Waals surface area contributed by atoms with Crippen LogP contribution in [0.15, 0.2) is 35.4 Å². The number of halogens is 1. The van der Waals surface area contributed by atoms with Crippen molar-refractivity contribution < 1.29 is 0 Å². The first-order valence-corrected chi connectivity index (χ1v) is 10.6. The van der Waals surface area contributed by atoms with E-state index >= 15 is 0 Å². The summed E-state index contributed by atoms with van der Waals surface area (Å²) in [6, 6.07) is 8.34. The number of alkyl halides is 1. The molecule has 2 rings (SSSR count). The molecule has 0 unspecified atom stereocenters. The summed E-state index contributed by atoms with van der Waals surface area (Å²) in [6.07, 6.45) is 1.99. The van der Waals surface area contributed by atoms with Crippen molar-refractivity contribution in [3.05, 3.63) is 30.5 Å². The summed E-state index contributed by atoms with van der Waals surface area (Å²) in [7, 11) is 0. The third-order valence-corrected chi connectivity index (χ3v) is 6.27. The molecule has 0 saturated heterocycles. The number of para-hydroxylation sites is 1. The van der Waals surface area contributed by atoms with E-state index in [-0.39, 0.29) is 0 Å². The standard InChI is InChI=1S/C17H14BrNSSe/c1-2-3-11-20-16-13-19-15-9-5-4-8-14(15)17(16)21-12-7-6-10-18/h4-5,8-9,13H,10-12H2,1H3. The molecule has 0 fully saturated rings. The van der Waals surface area contributed by atoms with Crippen molar-refractivity contribution in [3.63, 3.8) is 0 Å². The molecule has 0 bridgehead atoms. The number of thioether (sulfide) groups is 1. The second-order valence-corrected chi connectivity index (χ2v) is 7.61. The SMILES string of the molecule is CC#CCSc1cnc2ccccc2c1[Se]CC#CCBr. The first-order chi connectivity index (χ1) is 10.4. The molecule has 0 radical (unpaired) electrons. The summed E-state index contributed by atoms with van der Waals surface area (Å²) in [5.74, 6) is 13.2. The molecule has 0 aliphatic carbocycles. The molecule has 21 heavy (non-hydrogen) atoms. The Labute approximate surface area is 145 Å². The van der Waals surface area contributed by atoms with E-state index < -0.39 is 0 Å². The van der Waals surface area contributed by atoms with E-state index in [2.05, 4.69) is 62.8 Å². The normalized spacial score (nSPS) is 9.62. The molecule has 0 atom stereocenters. The molecule has 0 aliphatic rings. The summed E-state index contributed by atoms with van der Waals surface area (Å²) in [6.45, 7) is 1.87. The van der Waals surface area contributed by atoms with Crippen LogP contribution in [0, 0.1) is 23.7 Å². The van der Waals surface area contributed by atoms with Gasteiger partial charge in [-0.05, 0) is 0 Å². The molecule has 1 heterocycles. The van der Waals surface area contributed by atoms with Gasteiger partial charge in [0, 0.05) is 0 Å².